The maximum Gasteiger partial charge on any atom is 0.336 e. The summed E-state index contributed by atoms with van der Waals surface area (Å²) in [5.74, 6) is -0.172. The number of hydrogen-bond acceptors (Lipinski definition) is 7. The number of benzene rings is 3. The summed E-state index contributed by atoms with van der Waals surface area (Å²) in [6.07, 6.45) is 6.29. The summed E-state index contributed by atoms with van der Waals surface area (Å²) in [6.45, 7) is 2.13. The Kier molecular flexibility index (Phi) is 7.60. The molecule has 0 saturated heterocycles. The van der Waals surface area contributed by atoms with Crippen molar-refractivity contribution in [2.45, 2.75) is 25.6 Å². The number of rotatable bonds is 7. The Morgan fingerprint density at radius 3 is 2.35 bits per heavy atom. The number of ether oxygens (including phenoxy) is 1. The van der Waals surface area contributed by atoms with Gasteiger partial charge in [0.05, 0.1) is 22.3 Å². The van der Waals surface area contributed by atoms with Crippen molar-refractivity contribution in [3.8, 4) is 23.0 Å². The Balaban J connectivity index is 1.11. The Hall–Kier alpha value is -4.04. The second-order valence-corrected chi connectivity index (χ2v) is 10.4. The van der Waals surface area contributed by atoms with E-state index in [4.69, 9.17) is 27.9 Å². The van der Waals surface area contributed by atoms with E-state index in [0.717, 1.165) is 25.1 Å². The maximum atomic E-state index is 9.75. The average molecular weight is 570 g/mol. The van der Waals surface area contributed by atoms with Crippen LogP contribution in [0.15, 0.2) is 91.4 Å². The first-order valence-electron chi connectivity index (χ1n) is 12.9. The molecule has 0 amide bonds. The van der Waals surface area contributed by atoms with E-state index in [1.54, 1.807) is 12.1 Å². The third-order valence-electron chi connectivity index (χ3n) is 7.03. The molecule has 0 bridgehead atoms. The molecule has 3 heterocycles. The minimum absolute atomic E-state index is 0.131. The van der Waals surface area contributed by atoms with Crippen LogP contribution in [-0.4, -0.2) is 36.7 Å². The molecule has 40 heavy (non-hydrogen) atoms. The first-order valence-corrected chi connectivity index (χ1v) is 13.6. The molecule has 1 atom stereocenters. The van der Waals surface area contributed by atoms with Crippen LogP contribution in [0.4, 0.5) is 0 Å². The minimum Gasteiger partial charge on any atom is -0.505 e. The highest BCUT2D eigenvalue weighted by atomic mass is 35.5. The largest absolute Gasteiger partial charge is 0.505 e. The highest BCUT2D eigenvalue weighted by Crippen LogP contribution is 2.37. The lowest BCUT2D eigenvalue weighted by Gasteiger charge is -2.37. The zero-order valence-corrected chi connectivity index (χ0v) is 22.9. The van der Waals surface area contributed by atoms with Gasteiger partial charge in [-0.1, -0.05) is 76.8 Å². The van der Waals surface area contributed by atoms with Gasteiger partial charge in [-0.05, 0) is 58.5 Å². The average Bonchev–Trinajstić information content (AvgIpc) is 3.00. The van der Waals surface area contributed by atoms with Gasteiger partial charge in [-0.15, -0.1) is 5.10 Å². The predicted molar refractivity (Wildman–Crippen MR) is 154 cm³/mol. The van der Waals surface area contributed by atoms with Crippen LogP contribution in [0.1, 0.15) is 33.9 Å². The normalized spacial score (nSPS) is 15.0. The minimum atomic E-state index is -0.172. The lowest BCUT2D eigenvalue weighted by atomic mass is 9.88. The van der Waals surface area contributed by atoms with Crippen molar-refractivity contribution in [3.05, 3.63) is 129 Å². The van der Waals surface area contributed by atoms with Gasteiger partial charge in [-0.2, -0.15) is 0 Å². The second-order valence-electron chi connectivity index (χ2n) is 9.62. The smallest absolute Gasteiger partial charge is 0.336 e. The molecule has 0 radical (unpaired) electrons. The van der Waals surface area contributed by atoms with Crippen molar-refractivity contribution >= 4 is 23.2 Å². The summed E-state index contributed by atoms with van der Waals surface area (Å²) in [7, 11) is 0. The quantitative estimate of drug-likeness (QED) is 0.234. The summed E-state index contributed by atoms with van der Waals surface area (Å²) in [5, 5.41) is 18.2. The molecule has 1 N–H and O–H groups in total. The van der Waals surface area contributed by atoms with Crippen LogP contribution in [0.25, 0.3) is 11.3 Å². The number of aromatic hydroxyl groups is 1. The standard InChI is InChI=1S/C31H25Cl2N5O2/c32-26-15-24(16-27(33)30(26)39)28-17-35-31(37-36-28)40-19-21-7-5-20(6-8-21)18-38-14-11-22-3-1-2-4-25(22)29(38)23-9-12-34-13-10-23/h1-10,12-13,15-17,29,39H,11,14,18-19H2. The van der Waals surface area contributed by atoms with E-state index in [9.17, 15) is 5.11 Å². The molecular formula is C31H25Cl2N5O2. The zero-order valence-electron chi connectivity index (χ0n) is 21.4. The molecule has 0 saturated carbocycles. The molecule has 0 spiro atoms. The van der Waals surface area contributed by atoms with E-state index in [1.807, 2.05) is 12.4 Å². The molecule has 0 aliphatic carbocycles. The number of aromatic nitrogens is 4. The van der Waals surface area contributed by atoms with Crippen molar-refractivity contribution in [1.82, 2.24) is 25.1 Å². The van der Waals surface area contributed by atoms with Crippen molar-refractivity contribution in [1.29, 1.82) is 0 Å². The van der Waals surface area contributed by atoms with E-state index < -0.39 is 0 Å². The third-order valence-corrected chi connectivity index (χ3v) is 7.61. The fourth-order valence-corrected chi connectivity index (χ4v) is 5.51. The van der Waals surface area contributed by atoms with Gasteiger partial charge < -0.3 is 9.84 Å². The number of phenolic OH excluding ortho intramolecular Hbond substituents is 1. The monoisotopic (exact) mass is 569 g/mol. The lowest BCUT2D eigenvalue weighted by molar-refractivity contribution is 0.204. The van der Waals surface area contributed by atoms with Gasteiger partial charge in [0.2, 0.25) is 0 Å². The molecule has 0 fully saturated rings. The lowest BCUT2D eigenvalue weighted by Crippen LogP contribution is -2.35. The molecule has 6 rings (SSSR count). The van der Waals surface area contributed by atoms with Crippen LogP contribution in [-0.2, 0) is 19.6 Å². The number of nitrogens with zero attached hydrogens (tertiary/aromatic N) is 5. The molecule has 2 aromatic heterocycles. The summed E-state index contributed by atoms with van der Waals surface area (Å²) < 4.78 is 5.76. The van der Waals surface area contributed by atoms with Crippen LogP contribution in [0.2, 0.25) is 10.0 Å². The van der Waals surface area contributed by atoms with E-state index in [-0.39, 0.29) is 27.8 Å². The van der Waals surface area contributed by atoms with Gasteiger partial charge in [0.15, 0.2) is 5.75 Å². The Morgan fingerprint density at radius 2 is 1.62 bits per heavy atom. The molecule has 1 aliphatic heterocycles. The van der Waals surface area contributed by atoms with Crippen LogP contribution >= 0.6 is 23.2 Å². The first-order chi connectivity index (χ1) is 19.5. The third kappa shape index (κ3) is 5.63. The van der Waals surface area contributed by atoms with Crippen LogP contribution in [0.3, 0.4) is 0 Å². The van der Waals surface area contributed by atoms with Crippen molar-refractivity contribution in [3.63, 3.8) is 0 Å². The van der Waals surface area contributed by atoms with E-state index in [2.05, 4.69) is 85.7 Å². The molecule has 7 nitrogen and oxygen atoms in total. The van der Waals surface area contributed by atoms with Crippen LogP contribution < -0.4 is 4.74 Å². The fraction of sp³-hybridized carbons (Fsp3) is 0.161. The molecule has 9 heteroatoms. The first kappa shape index (κ1) is 26.2. The predicted octanol–water partition coefficient (Wildman–Crippen LogP) is 6.67. The second kappa shape index (κ2) is 11.6. The van der Waals surface area contributed by atoms with E-state index in [0.29, 0.717) is 17.9 Å². The van der Waals surface area contributed by atoms with Crippen LogP contribution in [0, 0.1) is 0 Å². The zero-order chi connectivity index (χ0) is 27.5. The van der Waals surface area contributed by atoms with Crippen molar-refractivity contribution < 1.29 is 9.84 Å². The number of phenols is 1. The highest BCUT2D eigenvalue weighted by Gasteiger charge is 2.28. The molecule has 3 aromatic carbocycles. The Morgan fingerprint density at radius 1 is 0.900 bits per heavy atom. The number of hydrogen-bond donors (Lipinski definition) is 1. The van der Waals surface area contributed by atoms with Gasteiger partial charge in [-0.25, -0.2) is 4.98 Å². The topological polar surface area (TPSA) is 84.3 Å². The molecular weight excluding hydrogens is 545 g/mol. The summed E-state index contributed by atoms with van der Waals surface area (Å²) in [4.78, 5) is 11.0. The van der Waals surface area contributed by atoms with Crippen molar-refractivity contribution in [2.24, 2.45) is 0 Å². The maximum absolute atomic E-state index is 9.75. The molecule has 1 unspecified atom stereocenters. The SMILES string of the molecule is Oc1c(Cl)cc(-c2cnc(OCc3ccc(CN4CCc5ccccc5C4c4ccncc4)cc3)nn2)cc1Cl. The van der Waals surface area contributed by atoms with E-state index in [1.165, 1.54) is 28.5 Å². The summed E-state index contributed by atoms with van der Waals surface area (Å²) in [6, 6.07) is 24.8. The number of halogens is 2. The molecule has 200 valence electrons. The number of pyridine rings is 1. The highest BCUT2D eigenvalue weighted by molar-refractivity contribution is 6.37. The van der Waals surface area contributed by atoms with Gasteiger partial charge in [0.1, 0.15) is 12.3 Å². The summed E-state index contributed by atoms with van der Waals surface area (Å²) >= 11 is 12.0. The van der Waals surface area contributed by atoms with Crippen molar-refractivity contribution in [2.75, 3.05) is 6.54 Å². The molecule has 1 aliphatic rings. The Bertz CT molecular complexity index is 1590. The summed E-state index contributed by atoms with van der Waals surface area (Å²) in [5.41, 5.74) is 7.32. The fourth-order valence-electron chi connectivity index (χ4n) is 5.02. The van der Waals surface area contributed by atoms with Gasteiger partial charge in [0, 0.05) is 31.0 Å². The van der Waals surface area contributed by atoms with Gasteiger partial charge >= 0.3 is 6.01 Å². The van der Waals surface area contributed by atoms with Crippen LogP contribution in [0.5, 0.6) is 11.8 Å². The Labute approximate surface area is 242 Å². The van der Waals surface area contributed by atoms with Gasteiger partial charge in [-0.3, -0.25) is 9.88 Å². The van der Waals surface area contributed by atoms with E-state index >= 15 is 0 Å². The van der Waals surface area contributed by atoms with Gasteiger partial charge in [0.25, 0.3) is 0 Å². The number of fused-ring (bicyclic) bond motifs is 1. The molecule has 5 aromatic rings.